The third-order valence-corrected chi connectivity index (χ3v) is 3.36. The topological polar surface area (TPSA) is 61.4 Å². The number of hydrogen-bond donors (Lipinski definition) is 1. The Morgan fingerprint density at radius 2 is 2.16 bits per heavy atom. The van der Waals surface area contributed by atoms with E-state index in [1.54, 1.807) is 37.6 Å². The molecule has 104 valence electrons. The number of carbonyl (C=O) groups is 1. The van der Waals surface area contributed by atoms with E-state index >= 15 is 0 Å². The number of piperidine rings is 1. The summed E-state index contributed by atoms with van der Waals surface area (Å²) >= 11 is 0. The molecule has 2 heterocycles. The number of anilines is 1. The Hall–Kier alpha value is -1.69. The van der Waals surface area contributed by atoms with Crippen molar-refractivity contribution in [2.24, 2.45) is 0 Å². The van der Waals surface area contributed by atoms with Crippen molar-refractivity contribution in [3.8, 4) is 0 Å². The summed E-state index contributed by atoms with van der Waals surface area (Å²) in [6.45, 7) is 2.40. The van der Waals surface area contributed by atoms with Crippen LogP contribution in [0.2, 0.25) is 0 Å². The Morgan fingerprint density at radius 1 is 1.42 bits per heavy atom. The van der Waals surface area contributed by atoms with Crippen molar-refractivity contribution in [1.29, 1.82) is 0 Å². The van der Waals surface area contributed by atoms with E-state index in [-0.39, 0.29) is 5.91 Å². The first-order valence-electron chi connectivity index (χ1n) is 6.60. The van der Waals surface area contributed by atoms with Gasteiger partial charge in [0.1, 0.15) is 5.82 Å². The monoisotopic (exact) mass is 263 g/mol. The SMILES string of the molecule is CN(C)C(=O)CN1CCC(Nc2cnccn2)CC1. The van der Waals surface area contributed by atoms with E-state index < -0.39 is 0 Å². The molecule has 1 N–H and O–H groups in total. The van der Waals surface area contributed by atoms with Crippen molar-refractivity contribution in [2.45, 2.75) is 18.9 Å². The molecular formula is C13H21N5O. The van der Waals surface area contributed by atoms with E-state index in [0.717, 1.165) is 31.7 Å². The molecule has 1 aromatic heterocycles. The van der Waals surface area contributed by atoms with Crippen LogP contribution in [0.5, 0.6) is 0 Å². The number of hydrogen-bond acceptors (Lipinski definition) is 5. The van der Waals surface area contributed by atoms with Crippen molar-refractivity contribution in [2.75, 3.05) is 39.0 Å². The molecule has 1 fully saturated rings. The van der Waals surface area contributed by atoms with E-state index in [0.29, 0.717) is 12.6 Å². The lowest BCUT2D eigenvalue weighted by molar-refractivity contribution is -0.130. The molecule has 19 heavy (non-hydrogen) atoms. The maximum Gasteiger partial charge on any atom is 0.236 e. The summed E-state index contributed by atoms with van der Waals surface area (Å²) < 4.78 is 0. The first-order valence-corrected chi connectivity index (χ1v) is 6.60. The van der Waals surface area contributed by atoms with Crippen molar-refractivity contribution in [3.63, 3.8) is 0 Å². The predicted molar refractivity (Wildman–Crippen MR) is 73.8 cm³/mol. The number of likely N-dealkylation sites (N-methyl/N-ethyl adjacent to an activating group) is 1. The fraction of sp³-hybridized carbons (Fsp3) is 0.615. The normalized spacial score (nSPS) is 17.2. The average Bonchev–Trinajstić information content (AvgIpc) is 2.42. The van der Waals surface area contributed by atoms with Gasteiger partial charge in [-0.05, 0) is 12.8 Å². The number of nitrogens with one attached hydrogen (secondary N) is 1. The fourth-order valence-electron chi connectivity index (χ4n) is 2.15. The third-order valence-electron chi connectivity index (χ3n) is 3.36. The summed E-state index contributed by atoms with van der Waals surface area (Å²) in [5, 5.41) is 3.38. The molecule has 0 bridgehead atoms. The minimum Gasteiger partial charge on any atom is -0.366 e. The average molecular weight is 263 g/mol. The highest BCUT2D eigenvalue weighted by Crippen LogP contribution is 2.14. The second-order valence-electron chi connectivity index (χ2n) is 5.07. The molecule has 0 atom stereocenters. The van der Waals surface area contributed by atoms with E-state index in [9.17, 15) is 4.79 Å². The summed E-state index contributed by atoms with van der Waals surface area (Å²) in [6, 6.07) is 0.419. The van der Waals surface area contributed by atoms with Crippen molar-refractivity contribution in [1.82, 2.24) is 19.8 Å². The van der Waals surface area contributed by atoms with E-state index in [1.165, 1.54) is 0 Å². The van der Waals surface area contributed by atoms with Crippen molar-refractivity contribution >= 4 is 11.7 Å². The highest BCUT2D eigenvalue weighted by molar-refractivity contribution is 5.77. The number of likely N-dealkylation sites (tertiary alicyclic amines) is 1. The van der Waals surface area contributed by atoms with Gasteiger partial charge in [0, 0.05) is 45.6 Å². The van der Waals surface area contributed by atoms with Gasteiger partial charge in [-0.1, -0.05) is 0 Å². The van der Waals surface area contributed by atoms with E-state index in [2.05, 4.69) is 20.2 Å². The number of nitrogens with zero attached hydrogens (tertiary/aromatic N) is 4. The minimum absolute atomic E-state index is 0.167. The highest BCUT2D eigenvalue weighted by atomic mass is 16.2. The van der Waals surface area contributed by atoms with Crippen LogP contribution in [-0.2, 0) is 4.79 Å². The third kappa shape index (κ3) is 4.17. The Balaban J connectivity index is 1.75. The Kier molecular flexibility index (Phi) is 4.68. The molecule has 1 aromatic rings. The molecule has 6 nitrogen and oxygen atoms in total. The number of rotatable bonds is 4. The van der Waals surface area contributed by atoms with Gasteiger partial charge in [0.15, 0.2) is 0 Å². The molecule has 2 rings (SSSR count). The van der Waals surface area contributed by atoms with Gasteiger partial charge in [0.05, 0.1) is 12.7 Å². The summed E-state index contributed by atoms with van der Waals surface area (Å²) in [7, 11) is 3.59. The molecule has 1 aliphatic heterocycles. The molecule has 0 radical (unpaired) electrons. The lowest BCUT2D eigenvalue weighted by Crippen LogP contribution is -2.44. The van der Waals surface area contributed by atoms with Gasteiger partial charge in [-0.3, -0.25) is 14.7 Å². The lowest BCUT2D eigenvalue weighted by atomic mass is 10.1. The van der Waals surface area contributed by atoms with Crippen LogP contribution in [0.1, 0.15) is 12.8 Å². The minimum atomic E-state index is 0.167. The van der Waals surface area contributed by atoms with Crippen molar-refractivity contribution in [3.05, 3.63) is 18.6 Å². The molecule has 0 unspecified atom stereocenters. The quantitative estimate of drug-likeness (QED) is 0.854. The Bertz CT molecular complexity index is 401. The van der Waals surface area contributed by atoms with Gasteiger partial charge >= 0.3 is 0 Å². The second-order valence-corrected chi connectivity index (χ2v) is 5.07. The second kappa shape index (κ2) is 6.47. The van der Waals surface area contributed by atoms with Gasteiger partial charge < -0.3 is 10.2 Å². The highest BCUT2D eigenvalue weighted by Gasteiger charge is 2.21. The van der Waals surface area contributed by atoms with Crippen LogP contribution in [0.25, 0.3) is 0 Å². The standard InChI is InChI=1S/C13H21N5O/c1-17(2)13(19)10-18-7-3-11(4-8-18)16-12-9-14-5-6-15-12/h5-6,9,11H,3-4,7-8,10H2,1-2H3,(H,15,16). The van der Waals surface area contributed by atoms with Gasteiger partial charge in [0.25, 0.3) is 0 Å². The molecule has 0 saturated carbocycles. The molecular weight excluding hydrogens is 242 g/mol. The van der Waals surface area contributed by atoms with Gasteiger partial charge in [0.2, 0.25) is 5.91 Å². The lowest BCUT2D eigenvalue weighted by Gasteiger charge is -2.32. The summed E-state index contributed by atoms with van der Waals surface area (Å²) in [5.74, 6) is 0.991. The number of aromatic nitrogens is 2. The van der Waals surface area contributed by atoms with Crippen LogP contribution in [0, 0.1) is 0 Å². The van der Waals surface area contributed by atoms with Crippen molar-refractivity contribution < 1.29 is 4.79 Å². The Labute approximate surface area is 113 Å². The molecule has 1 amide bonds. The zero-order chi connectivity index (χ0) is 13.7. The molecule has 1 aliphatic rings. The molecule has 0 aromatic carbocycles. The van der Waals surface area contributed by atoms with Crippen LogP contribution in [0.15, 0.2) is 18.6 Å². The first-order chi connectivity index (χ1) is 9.15. The van der Waals surface area contributed by atoms with Gasteiger partial charge in [-0.2, -0.15) is 0 Å². The largest absolute Gasteiger partial charge is 0.366 e. The van der Waals surface area contributed by atoms with E-state index in [4.69, 9.17) is 0 Å². The van der Waals surface area contributed by atoms with Crippen LogP contribution in [-0.4, -0.2) is 65.4 Å². The van der Waals surface area contributed by atoms with Crippen LogP contribution in [0.4, 0.5) is 5.82 Å². The molecule has 1 saturated heterocycles. The summed E-state index contributed by atoms with van der Waals surface area (Å²) in [4.78, 5) is 23.7. The van der Waals surface area contributed by atoms with Crippen LogP contribution >= 0.6 is 0 Å². The predicted octanol–water partition coefficient (Wildman–Crippen LogP) is 0.441. The van der Waals surface area contributed by atoms with Crippen LogP contribution < -0.4 is 5.32 Å². The van der Waals surface area contributed by atoms with Gasteiger partial charge in [-0.25, -0.2) is 4.98 Å². The maximum absolute atomic E-state index is 11.6. The number of carbonyl (C=O) groups excluding carboxylic acids is 1. The molecule has 0 aliphatic carbocycles. The Morgan fingerprint density at radius 3 is 2.74 bits per heavy atom. The van der Waals surface area contributed by atoms with Crippen LogP contribution in [0.3, 0.4) is 0 Å². The molecule has 6 heteroatoms. The first kappa shape index (κ1) is 13.7. The summed E-state index contributed by atoms with van der Waals surface area (Å²) in [5.41, 5.74) is 0. The zero-order valence-corrected chi connectivity index (χ0v) is 11.5. The summed E-state index contributed by atoms with van der Waals surface area (Å²) in [6.07, 6.45) is 7.14. The van der Waals surface area contributed by atoms with Gasteiger partial charge in [-0.15, -0.1) is 0 Å². The zero-order valence-electron chi connectivity index (χ0n) is 11.5. The fourth-order valence-corrected chi connectivity index (χ4v) is 2.15. The van der Waals surface area contributed by atoms with E-state index in [1.807, 2.05) is 0 Å². The smallest absolute Gasteiger partial charge is 0.236 e. The molecule has 0 spiro atoms. The maximum atomic E-state index is 11.6. The number of amides is 1.